The first-order valence-corrected chi connectivity index (χ1v) is 6.86. The van der Waals surface area contributed by atoms with Crippen molar-refractivity contribution in [2.75, 3.05) is 6.61 Å². The molecule has 6 nitrogen and oxygen atoms in total. The third-order valence-corrected chi connectivity index (χ3v) is 3.91. The molecule has 1 aromatic carbocycles. The third-order valence-electron chi connectivity index (χ3n) is 2.84. The second-order valence-corrected chi connectivity index (χ2v) is 5.69. The van der Waals surface area contributed by atoms with Gasteiger partial charge in [0, 0.05) is 0 Å². The molecule has 1 aliphatic heterocycles. The molecule has 3 aromatic rings. The van der Waals surface area contributed by atoms with E-state index < -0.39 is 0 Å². The van der Waals surface area contributed by atoms with E-state index in [4.69, 9.17) is 21.7 Å². The van der Waals surface area contributed by atoms with Gasteiger partial charge in [-0.3, -0.25) is 5.10 Å². The van der Waals surface area contributed by atoms with Crippen LogP contribution in [0.3, 0.4) is 0 Å². The predicted octanol–water partition coefficient (Wildman–Crippen LogP) is 2.36. The van der Waals surface area contributed by atoms with Crippen LogP contribution in [0.2, 0.25) is 0 Å². The molecule has 0 radical (unpaired) electrons. The van der Waals surface area contributed by atoms with Gasteiger partial charge >= 0.3 is 0 Å². The molecule has 1 atom stereocenters. The van der Waals surface area contributed by atoms with Crippen LogP contribution in [0, 0.1) is 3.95 Å². The van der Waals surface area contributed by atoms with Gasteiger partial charge in [0.1, 0.15) is 6.61 Å². The summed E-state index contributed by atoms with van der Waals surface area (Å²) in [5, 5.41) is 11.2. The molecule has 0 spiro atoms. The Morgan fingerprint density at radius 3 is 3.05 bits per heavy atom. The number of H-pyrrole nitrogens is 1. The summed E-state index contributed by atoms with van der Waals surface area (Å²) < 4.78 is 14.0. The van der Waals surface area contributed by atoms with Gasteiger partial charge in [0.2, 0.25) is 4.96 Å². The van der Waals surface area contributed by atoms with Crippen LogP contribution in [-0.2, 0) is 0 Å². The maximum Gasteiger partial charge on any atom is 0.234 e. The van der Waals surface area contributed by atoms with E-state index >= 15 is 0 Å². The van der Waals surface area contributed by atoms with Gasteiger partial charge in [-0.05, 0) is 24.4 Å². The molecule has 0 saturated carbocycles. The van der Waals surface area contributed by atoms with Crippen molar-refractivity contribution in [2.45, 2.75) is 6.10 Å². The van der Waals surface area contributed by atoms with Crippen molar-refractivity contribution in [2.24, 2.45) is 0 Å². The highest BCUT2D eigenvalue weighted by Crippen LogP contribution is 2.35. The van der Waals surface area contributed by atoms with Crippen LogP contribution in [0.15, 0.2) is 24.3 Å². The number of aromatic amines is 1. The third kappa shape index (κ3) is 1.71. The molecule has 1 N–H and O–H groups in total. The molecule has 0 aliphatic carbocycles. The smallest absolute Gasteiger partial charge is 0.234 e. The minimum Gasteiger partial charge on any atom is -0.485 e. The molecule has 4 rings (SSSR count). The normalized spacial score (nSPS) is 17.8. The minimum atomic E-state index is -0.301. The monoisotopic (exact) mass is 292 g/mol. The van der Waals surface area contributed by atoms with Crippen molar-refractivity contribution in [1.82, 2.24) is 19.8 Å². The summed E-state index contributed by atoms with van der Waals surface area (Å²) in [7, 11) is 0. The van der Waals surface area contributed by atoms with Gasteiger partial charge in [-0.2, -0.15) is 0 Å². The molecular formula is C11H8N4O2S2. The van der Waals surface area contributed by atoms with Gasteiger partial charge in [0.25, 0.3) is 0 Å². The lowest BCUT2D eigenvalue weighted by Gasteiger charge is -2.24. The van der Waals surface area contributed by atoms with Gasteiger partial charge in [-0.1, -0.05) is 23.5 Å². The Labute approximate surface area is 116 Å². The second kappa shape index (κ2) is 4.04. The van der Waals surface area contributed by atoms with E-state index in [1.807, 2.05) is 24.3 Å². The van der Waals surface area contributed by atoms with Crippen LogP contribution in [0.4, 0.5) is 0 Å². The van der Waals surface area contributed by atoms with Crippen LogP contribution in [0.1, 0.15) is 11.9 Å². The Kier molecular flexibility index (Phi) is 2.32. The number of nitrogens with zero attached hydrogens (tertiary/aromatic N) is 3. The fourth-order valence-corrected chi connectivity index (χ4v) is 2.93. The van der Waals surface area contributed by atoms with E-state index in [-0.39, 0.29) is 6.10 Å². The van der Waals surface area contributed by atoms with Crippen LogP contribution >= 0.6 is 23.6 Å². The van der Waals surface area contributed by atoms with Crippen LogP contribution in [0.25, 0.3) is 4.96 Å². The average Bonchev–Trinajstić information content (AvgIpc) is 2.97. The van der Waals surface area contributed by atoms with Gasteiger partial charge in [0.05, 0.1) is 0 Å². The first-order chi connectivity index (χ1) is 9.31. The first kappa shape index (κ1) is 10.9. The molecular weight excluding hydrogens is 284 g/mol. The molecule has 1 aliphatic rings. The number of ether oxygens (including phenoxy) is 2. The Morgan fingerprint density at radius 2 is 2.16 bits per heavy atom. The van der Waals surface area contributed by atoms with Crippen molar-refractivity contribution >= 4 is 28.5 Å². The van der Waals surface area contributed by atoms with Gasteiger partial charge in [-0.25, -0.2) is 4.52 Å². The Balaban J connectivity index is 1.76. The number of benzene rings is 1. The number of fused-ring (bicyclic) bond motifs is 2. The summed E-state index contributed by atoms with van der Waals surface area (Å²) in [6.45, 7) is 0.397. The van der Waals surface area contributed by atoms with Gasteiger partial charge < -0.3 is 9.47 Å². The number of hydrogen-bond donors (Lipinski definition) is 1. The largest absolute Gasteiger partial charge is 0.485 e. The highest BCUT2D eigenvalue weighted by Gasteiger charge is 2.27. The van der Waals surface area contributed by atoms with E-state index in [0.29, 0.717) is 22.1 Å². The highest BCUT2D eigenvalue weighted by molar-refractivity contribution is 7.73. The summed E-state index contributed by atoms with van der Waals surface area (Å²) in [6, 6.07) is 7.56. The standard InChI is InChI=1S/C11H8N4O2S2/c18-11-14-15-9(12-13-10(15)19-11)8-5-16-6-3-1-2-4-7(6)17-8/h1-4,8H,5H2,(H,14,18). The number of para-hydroxylation sites is 2. The minimum absolute atomic E-state index is 0.301. The summed E-state index contributed by atoms with van der Waals surface area (Å²) in [5.41, 5.74) is 0. The number of aromatic nitrogens is 4. The molecule has 2 aromatic heterocycles. The molecule has 3 heterocycles. The van der Waals surface area contributed by atoms with Crippen molar-refractivity contribution < 1.29 is 9.47 Å². The lowest BCUT2D eigenvalue weighted by molar-refractivity contribution is 0.0836. The van der Waals surface area contributed by atoms with E-state index in [9.17, 15) is 0 Å². The number of rotatable bonds is 1. The SMILES string of the molecule is S=c1[nH]n2c(C3COc4ccccc4O3)nnc2s1. The lowest BCUT2D eigenvalue weighted by atomic mass is 10.2. The van der Waals surface area contributed by atoms with Gasteiger partial charge in [-0.15, -0.1) is 10.2 Å². The summed E-state index contributed by atoms with van der Waals surface area (Å²) in [5.74, 6) is 2.12. The zero-order chi connectivity index (χ0) is 12.8. The van der Waals surface area contributed by atoms with E-state index in [1.165, 1.54) is 11.3 Å². The molecule has 19 heavy (non-hydrogen) atoms. The molecule has 8 heteroatoms. The van der Waals surface area contributed by atoms with Crippen molar-refractivity contribution in [1.29, 1.82) is 0 Å². The number of nitrogens with one attached hydrogen (secondary N) is 1. The van der Waals surface area contributed by atoms with Crippen molar-refractivity contribution in [3.8, 4) is 11.5 Å². The van der Waals surface area contributed by atoms with E-state index in [1.54, 1.807) is 4.52 Å². The zero-order valence-corrected chi connectivity index (χ0v) is 11.2. The number of hydrogen-bond acceptors (Lipinski definition) is 6. The molecule has 0 fully saturated rings. The molecule has 1 unspecified atom stereocenters. The first-order valence-electron chi connectivity index (χ1n) is 5.64. The van der Waals surface area contributed by atoms with Crippen molar-refractivity contribution in [3.63, 3.8) is 0 Å². The summed E-state index contributed by atoms with van der Waals surface area (Å²) >= 11 is 6.47. The summed E-state index contributed by atoms with van der Waals surface area (Å²) in [4.78, 5) is 0.724. The fraction of sp³-hybridized carbons (Fsp3) is 0.182. The Morgan fingerprint density at radius 1 is 1.32 bits per heavy atom. The zero-order valence-electron chi connectivity index (χ0n) is 9.57. The van der Waals surface area contributed by atoms with Crippen LogP contribution in [0.5, 0.6) is 11.5 Å². The van der Waals surface area contributed by atoms with Gasteiger partial charge in [0.15, 0.2) is 27.4 Å². The predicted molar refractivity (Wildman–Crippen MR) is 71.4 cm³/mol. The Bertz CT molecular complexity index is 806. The fourth-order valence-electron chi connectivity index (χ4n) is 2.00. The molecule has 0 amide bonds. The molecule has 0 bridgehead atoms. The maximum atomic E-state index is 5.90. The van der Waals surface area contributed by atoms with E-state index in [0.717, 1.165) is 10.7 Å². The van der Waals surface area contributed by atoms with Crippen molar-refractivity contribution in [3.05, 3.63) is 34.0 Å². The Hall–Kier alpha value is -1.93. The quantitative estimate of drug-likeness (QED) is 0.698. The van der Waals surface area contributed by atoms with Crippen LogP contribution < -0.4 is 9.47 Å². The molecule has 96 valence electrons. The molecule has 0 saturated heterocycles. The maximum absolute atomic E-state index is 5.90. The van der Waals surface area contributed by atoms with E-state index in [2.05, 4.69) is 15.3 Å². The average molecular weight is 292 g/mol. The second-order valence-electron chi connectivity index (χ2n) is 4.04. The highest BCUT2D eigenvalue weighted by atomic mass is 32.1. The topological polar surface area (TPSA) is 64.4 Å². The van der Waals surface area contributed by atoms with Crippen LogP contribution in [-0.4, -0.2) is 26.4 Å². The lowest BCUT2D eigenvalue weighted by Crippen LogP contribution is -2.23. The summed E-state index contributed by atoms with van der Waals surface area (Å²) in [6.07, 6.45) is -0.301.